The van der Waals surface area contributed by atoms with Gasteiger partial charge in [-0.25, -0.2) is 9.18 Å². The van der Waals surface area contributed by atoms with Crippen LogP contribution in [0.15, 0.2) is 24.3 Å². The number of amides is 4. The molecule has 1 aromatic rings. The number of carbonyl (C=O) groups excluding carboxylic acids is 3. The van der Waals surface area contributed by atoms with Crippen LogP contribution < -0.4 is 16.0 Å². The minimum Gasteiger partial charge on any atom is -0.352 e. The first-order valence-electron chi connectivity index (χ1n) is 9.35. The quantitative estimate of drug-likeness (QED) is 0.695. The van der Waals surface area contributed by atoms with Gasteiger partial charge in [-0.05, 0) is 43.4 Å². The van der Waals surface area contributed by atoms with E-state index in [9.17, 15) is 18.8 Å². The second kappa shape index (κ2) is 8.83. The van der Waals surface area contributed by atoms with Gasteiger partial charge in [0.05, 0.1) is 6.54 Å². The highest BCUT2D eigenvalue weighted by Gasteiger charge is 2.35. The Morgan fingerprint density at radius 1 is 1.00 bits per heavy atom. The van der Waals surface area contributed by atoms with E-state index in [0.29, 0.717) is 13.1 Å². The lowest BCUT2D eigenvalue weighted by Crippen LogP contribution is -2.49. The van der Waals surface area contributed by atoms with Gasteiger partial charge < -0.3 is 20.9 Å². The Labute approximate surface area is 157 Å². The molecule has 146 valence electrons. The van der Waals surface area contributed by atoms with Gasteiger partial charge in [-0.2, -0.15) is 0 Å². The first-order chi connectivity index (χ1) is 13.0. The highest BCUT2D eigenvalue weighted by Crippen LogP contribution is 2.31. The van der Waals surface area contributed by atoms with Gasteiger partial charge >= 0.3 is 6.03 Å². The van der Waals surface area contributed by atoms with Crippen molar-refractivity contribution in [3.05, 3.63) is 35.6 Å². The van der Waals surface area contributed by atoms with Crippen LogP contribution >= 0.6 is 0 Å². The summed E-state index contributed by atoms with van der Waals surface area (Å²) in [5.74, 6) is -0.102. The standard InChI is InChI=1S/C19H25FN4O3/c20-15-5-1-13(2-6-15)11-21-19(27)22-12-17(25)23-16-7-9-24(10-8-16)18(26)14-3-4-14/h1-2,5-6,14,16H,3-4,7-12H2,(H,23,25)(H2,21,22,27). The molecule has 8 heteroatoms. The summed E-state index contributed by atoms with van der Waals surface area (Å²) in [6, 6.07) is 5.40. The average Bonchev–Trinajstić information content (AvgIpc) is 3.51. The Morgan fingerprint density at radius 3 is 2.30 bits per heavy atom. The molecule has 2 fully saturated rings. The van der Waals surface area contributed by atoms with E-state index in [-0.39, 0.29) is 42.7 Å². The zero-order chi connectivity index (χ0) is 19.2. The van der Waals surface area contributed by atoms with E-state index >= 15 is 0 Å². The van der Waals surface area contributed by atoms with Gasteiger partial charge in [-0.1, -0.05) is 12.1 Å². The maximum atomic E-state index is 12.8. The number of urea groups is 1. The molecule has 3 rings (SSSR count). The number of hydrogen-bond acceptors (Lipinski definition) is 3. The number of benzene rings is 1. The van der Waals surface area contributed by atoms with Crippen LogP contribution in [0.2, 0.25) is 0 Å². The third-order valence-electron chi connectivity index (χ3n) is 4.87. The van der Waals surface area contributed by atoms with E-state index in [1.165, 1.54) is 12.1 Å². The zero-order valence-corrected chi connectivity index (χ0v) is 15.2. The lowest BCUT2D eigenvalue weighted by Gasteiger charge is -2.32. The van der Waals surface area contributed by atoms with E-state index in [2.05, 4.69) is 16.0 Å². The zero-order valence-electron chi connectivity index (χ0n) is 15.2. The van der Waals surface area contributed by atoms with E-state index in [0.717, 1.165) is 31.2 Å². The molecule has 2 aliphatic rings. The lowest BCUT2D eigenvalue weighted by molar-refractivity contribution is -0.133. The lowest BCUT2D eigenvalue weighted by atomic mass is 10.0. The maximum Gasteiger partial charge on any atom is 0.315 e. The molecule has 1 saturated carbocycles. The topological polar surface area (TPSA) is 90.5 Å². The Kier molecular flexibility index (Phi) is 6.26. The fourth-order valence-electron chi connectivity index (χ4n) is 3.12. The third-order valence-corrected chi connectivity index (χ3v) is 4.87. The van der Waals surface area contributed by atoms with Crippen molar-refractivity contribution in [3.8, 4) is 0 Å². The largest absolute Gasteiger partial charge is 0.352 e. The number of likely N-dealkylation sites (tertiary alicyclic amines) is 1. The van der Waals surface area contributed by atoms with Crippen LogP contribution in [0.4, 0.5) is 9.18 Å². The van der Waals surface area contributed by atoms with Gasteiger partial charge in [0.1, 0.15) is 5.82 Å². The van der Waals surface area contributed by atoms with Crippen LogP contribution in [0.25, 0.3) is 0 Å². The van der Waals surface area contributed by atoms with Gasteiger partial charge in [-0.15, -0.1) is 0 Å². The summed E-state index contributed by atoms with van der Waals surface area (Å²) in [6.07, 6.45) is 3.48. The Hall–Kier alpha value is -2.64. The van der Waals surface area contributed by atoms with Crippen LogP contribution in [0.1, 0.15) is 31.2 Å². The molecule has 1 aromatic carbocycles. The second-order valence-corrected chi connectivity index (χ2v) is 7.10. The number of hydrogen-bond donors (Lipinski definition) is 3. The Balaban J connectivity index is 1.29. The summed E-state index contributed by atoms with van der Waals surface area (Å²) in [7, 11) is 0. The van der Waals surface area contributed by atoms with Crippen molar-refractivity contribution in [2.24, 2.45) is 5.92 Å². The molecule has 0 radical (unpaired) electrons. The minimum atomic E-state index is -0.459. The van der Waals surface area contributed by atoms with Gasteiger partial charge in [0.2, 0.25) is 11.8 Å². The number of rotatable bonds is 6. The molecule has 0 unspecified atom stereocenters. The summed E-state index contributed by atoms with van der Waals surface area (Å²) in [6.45, 7) is 1.48. The molecule has 0 atom stereocenters. The normalized spacial score (nSPS) is 17.3. The maximum absolute atomic E-state index is 12.8. The van der Waals surface area contributed by atoms with Crippen molar-refractivity contribution >= 4 is 17.8 Å². The molecule has 0 spiro atoms. The summed E-state index contributed by atoms with van der Waals surface area (Å²) >= 11 is 0. The van der Waals surface area contributed by atoms with Crippen molar-refractivity contribution in [2.75, 3.05) is 19.6 Å². The molecule has 1 aliphatic heterocycles. The smallest absolute Gasteiger partial charge is 0.315 e. The number of halogens is 1. The minimum absolute atomic E-state index is 0.0322. The van der Waals surface area contributed by atoms with Crippen LogP contribution in [-0.4, -0.2) is 48.4 Å². The average molecular weight is 376 g/mol. The molecule has 27 heavy (non-hydrogen) atoms. The molecule has 7 nitrogen and oxygen atoms in total. The highest BCUT2D eigenvalue weighted by atomic mass is 19.1. The summed E-state index contributed by atoms with van der Waals surface area (Å²) < 4.78 is 12.8. The van der Waals surface area contributed by atoms with Gasteiger partial charge in [0.15, 0.2) is 0 Å². The van der Waals surface area contributed by atoms with E-state index in [1.54, 1.807) is 12.1 Å². The molecular weight excluding hydrogens is 351 g/mol. The predicted octanol–water partition coefficient (Wildman–Crippen LogP) is 1.14. The second-order valence-electron chi connectivity index (χ2n) is 7.10. The number of carbonyl (C=O) groups is 3. The fraction of sp³-hybridized carbons (Fsp3) is 0.526. The molecule has 1 aliphatic carbocycles. The van der Waals surface area contributed by atoms with Crippen molar-refractivity contribution < 1.29 is 18.8 Å². The third kappa shape index (κ3) is 5.94. The highest BCUT2D eigenvalue weighted by molar-refractivity contribution is 5.84. The molecule has 1 saturated heterocycles. The van der Waals surface area contributed by atoms with E-state index < -0.39 is 6.03 Å². The SMILES string of the molecule is O=C(CNC(=O)NCc1ccc(F)cc1)NC1CCN(C(=O)C2CC2)CC1. The fourth-order valence-corrected chi connectivity index (χ4v) is 3.12. The monoisotopic (exact) mass is 376 g/mol. The number of nitrogens with one attached hydrogen (secondary N) is 3. The Morgan fingerprint density at radius 2 is 1.67 bits per heavy atom. The number of nitrogens with zero attached hydrogens (tertiary/aromatic N) is 1. The van der Waals surface area contributed by atoms with Crippen molar-refractivity contribution in [2.45, 2.75) is 38.3 Å². The molecule has 3 N–H and O–H groups in total. The van der Waals surface area contributed by atoms with E-state index in [1.807, 2.05) is 4.90 Å². The molecule has 0 bridgehead atoms. The Bertz CT molecular complexity index is 683. The van der Waals surface area contributed by atoms with Gasteiger partial charge in [0, 0.05) is 31.6 Å². The van der Waals surface area contributed by atoms with Crippen LogP contribution in [0, 0.1) is 11.7 Å². The molecular formula is C19H25FN4O3. The molecule has 0 aromatic heterocycles. The van der Waals surface area contributed by atoms with Crippen molar-refractivity contribution in [1.29, 1.82) is 0 Å². The van der Waals surface area contributed by atoms with Crippen LogP contribution in [0.3, 0.4) is 0 Å². The summed E-state index contributed by atoms with van der Waals surface area (Å²) in [5, 5.41) is 8.02. The summed E-state index contributed by atoms with van der Waals surface area (Å²) in [5.41, 5.74) is 0.767. The van der Waals surface area contributed by atoms with Crippen molar-refractivity contribution in [1.82, 2.24) is 20.9 Å². The number of piperidine rings is 1. The summed E-state index contributed by atoms with van der Waals surface area (Å²) in [4.78, 5) is 37.6. The van der Waals surface area contributed by atoms with Crippen molar-refractivity contribution in [3.63, 3.8) is 0 Å². The van der Waals surface area contributed by atoms with Gasteiger partial charge in [0.25, 0.3) is 0 Å². The van der Waals surface area contributed by atoms with Crippen LogP contribution in [-0.2, 0) is 16.1 Å². The molecule has 1 heterocycles. The van der Waals surface area contributed by atoms with Crippen LogP contribution in [0.5, 0.6) is 0 Å². The first kappa shape index (κ1) is 19.1. The molecule has 4 amide bonds. The van der Waals surface area contributed by atoms with Gasteiger partial charge in [-0.3, -0.25) is 9.59 Å². The van der Waals surface area contributed by atoms with E-state index in [4.69, 9.17) is 0 Å². The first-order valence-corrected chi connectivity index (χ1v) is 9.35. The predicted molar refractivity (Wildman–Crippen MR) is 97.1 cm³/mol.